The number of carboxylic acids is 1. The number of nitrogens with zero attached hydrogens (tertiary/aromatic N) is 1. The number of nitrogens with one attached hydrogen (secondary N) is 1. The minimum absolute atomic E-state index is 0.0745. The number of carboxylic acid groups (broad SMARTS) is 1. The zero-order valence-electron chi connectivity index (χ0n) is 19.7. The van der Waals surface area contributed by atoms with Gasteiger partial charge in [-0.2, -0.15) is 0 Å². The fraction of sp³-hybridized carbons (Fsp3) is 0.370. The summed E-state index contributed by atoms with van der Waals surface area (Å²) in [5.41, 5.74) is 4.01. The minimum Gasteiger partial charge on any atom is -0.480 e. The largest absolute Gasteiger partial charge is 0.480 e. The maximum atomic E-state index is 12.8. The van der Waals surface area contributed by atoms with Crippen molar-refractivity contribution >= 4 is 18.0 Å². The summed E-state index contributed by atoms with van der Waals surface area (Å²) in [6.07, 6.45) is 4.56. The zero-order chi connectivity index (χ0) is 24.9. The molecule has 7 heteroatoms. The highest BCUT2D eigenvalue weighted by molar-refractivity contribution is 5.83. The molecule has 1 aliphatic rings. The molecular formula is C27H30N2O5. The van der Waals surface area contributed by atoms with Crippen LogP contribution in [-0.4, -0.2) is 53.7 Å². The molecule has 0 aliphatic heterocycles. The fourth-order valence-electron chi connectivity index (χ4n) is 4.17. The quantitative estimate of drug-likeness (QED) is 0.581. The Morgan fingerprint density at radius 1 is 1.09 bits per heavy atom. The second-order valence-electron chi connectivity index (χ2n) is 9.44. The van der Waals surface area contributed by atoms with Gasteiger partial charge < -0.3 is 20.1 Å². The fourth-order valence-corrected chi connectivity index (χ4v) is 4.17. The van der Waals surface area contributed by atoms with Crippen molar-refractivity contribution in [1.82, 2.24) is 10.2 Å². The molecule has 34 heavy (non-hydrogen) atoms. The summed E-state index contributed by atoms with van der Waals surface area (Å²) in [4.78, 5) is 37.6. The number of alkyl carbamates (subject to hydrolysis) is 1. The summed E-state index contributed by atoms with van der Waals surface area (Å²) < 4.78 is 5.62. The van der Waals surface area contributed by atoms with Gasteiger partial charge in [-0.3, -0.25) is 9.59 Å². The predicted octanol–water partition coefficient (Wildman–Crippen LogP) is 3.88. The van der Waals surface area contributed by atoms with Crippen LogP contribution in [0.3, 0.4) is 0 Å². The summed E-state index contributed by atoms with van der Waals surface area (Å²) in [6.45, 7) is 5.21. The van der Waals surface area contributed by atoms with Gasteiger partial charge in [0.05, 0.1) is 6.54 Å². The Balaban J connectivity index is 1.68. The molecule has 0 aromatic heterocycles. The average Bonchev–Trinajstić information content (AvgIpc) is 3.10. The van der Waals surface area contributed by atoms with Crippen LogP contribution >= 0.6 is 0 Å². The van der Waals surface area contributed by atoms with Crippen LogP contribution in [0.4, 0.5) is 4.79 Å². The lowest BCUT2D eigenvalue weighted by molar-refractivity contribution is -0.144. The van der Waals surface area contributed by atoms with Gasteiger partial charge in [0, 0.05) is 18.4 Å². The number of amides is 2. The summed E-state index contributed by atoms with van der Waals surface area (Å²) in [5, 5.41) is 11.9. The van der Waals surface area contributed by atoms with Gasteiger partial charge in [0.1, 0.15) is 13.2 Å². The summed E-state index contributed by atoms with van der Waals surface area (Å²) >= 11 is 0. The molecule has 0 heterocycles. The third-order valence-corrected chi connectivity index (χ3v) is 6.02. The average molecular weight is 463 g/mol. The standard InChI is InChI=1S/C27H30N2O5/c1-5-14-29(16-25(31)32)24(30)15-23(27(2,3)4)28-26(33)34-17-22-20-12-8-6-10-18(20)19-11-7-9-13-21(19)22/h1,6-13,22-23H,14-17H2,2-4H3,(H,28,33)(H,31,32). The van der Waals surface area contributed by atoms with E-state index in [1.54, 1.807) is 0 Å². The maximum absolute atomic E-state index is 12.8. The van der Waals surface area contributed by atoms with Crippen molar-refractivity contribution in [2.75, 3.05) is 19.7 Å². The summed E-state index contributed by atoms with van der Waals surface area (Å²) in [5.74, 6) is 0.632. The molecule has 0 spiro atoms. The van der Waals surface area contributed by atoms with Crippen LogP contribution in [0.15, 0.2) is 48.5 Å². The van der Waals surface area contributed by atoms with Crippen molar-refractivity contribution in [3.8, 4) is 23.5 Å². The molecule has 2 amide bonds. The third-order valence-electron chi connectivity index (χ3n) is 6.02. The Bertz CT molecular complexity index is 1070. The monoisotopic (exact) mass is 462 g/mol. The van der Waals surface area contributed by atoms with E-state index in [-0.39, 0.29) is 25.5 Å². The normalized spacial score (nSPS) is 13.2. The molecule has 178 valence electrons. The highest BCUT2D eigenvalue weighted by Crippen LogP contribution is 2.44. The molecule has 0 bridgehead atoms. The molecule has 3 rings (SSSR count). The molecular weight excluding hydrogens is 432 g/mol. The lowest BCUT2D eigenvalue weighted by Gasteiger charge is -2.32. The van der Waals surface area contributed by atoms with E-state index in [0.29, 0.717) is 0 Å². The van der Waals surface area contributed by atoms with Crippen molar-refractivity contribution in [3.63, 3.8) is 0 Å². The number of hydrogen-bond acceptors (Lipinski definition) is 4. The highest BCUT2D eigenvalue weighted by Gasteiger charge is 2.33. The van der Waals surface area contributed by atoms with Gasteiger partial charge in [-0.05, 0) is 27.7 Å². The van der Waals surface area contributed by atoms with Gasteiger partial charge in [-0.25, -0.2) is 4.79 Å². The van der Waals surface area contributed by atoms with Crippen LogP contribution in [0.25, 0.3) is 11.1 Å². The Labute approximate surface area is 200 Å². The van der Waals surface area contributed by atoms with E-state index in [1.165, 1.54) is 0 Å². The Kier molecular flexibility index (Phi) is 7.62. The SMILES string of the molecule is C#CCN(CC(=O)O)C(=O)CC(NC(=O)OCC1c2ccccc2-c2ccccc21)C(C)(C)C. The smallest absolute Gasteiger partial charge is 0.407 e. The number of ether oxygens (including phenoxy) is 1. The second-order valence-corrected chi connectivity index (χ2v) is 9.44. The predicted molar refractivity (Wildman–Crippen MR) is 129 cm³/mol. The molecule has 0 fully saturated rings. The molecule has 0 radical (unpaired) electrons. The van der Waals surface area contributed by atoms with Crippen LogP contribution in [0.2, 0.25) is 0 Å². The first-order valence-electron chi connectivity index (χ1n) is 11.2. The zero-order valence-corrected chi connectivity index (χ0v) is 19.7. The van der Waals surface area contributed by atoms with Gasteiger partial charge in [0.15, 0.2) is 0 Å². The van der Waals surface area contributed by atoms with Gasteiger partial charge >= 0.3 is 12.1 Å². The van der Waals surface area contributed by atoms with Crippen LogP contribution < -0.4 is 5.32 Å². The minimum atomic E-state index is -1.15. The first-order chi connectivity index (χ1) is 16.1. The van der Waals surface area contributed by atoms with Gasteiger partial charge in [-0.15, -0.1) is 6.42 Å². The Hall–Kier alpha value is -3.79. The van der Waals surface area contributed by atoms with Crippen molar-refractivity contribution in [2.45, 2.75) is 39.2 Å². The van der Waals surface area contributed by atoms with E-state index in [4.69, 9.17) is 16.3 Å². The number of fused-ring (bicyclic) bond motifs is 3. The molecule has 7 nitrogen and oxygen atoms in total. The van der Waals surface area contributed by atoms with E-state index in [9.17, 15) is 14.4 Å². The van der Waals surface area contributed by atoms with Crippen LogP contribution in [0.1, 0.15) is 44.2 Å². The topological polar surface area (TPSA) is 95.9 Å². The van der Waals surface area contributed by atoms with E-state index >= 15 is 0 Å². The van der Waals surface area contributed by atoms with Crippen molar-refractivity contribution in [2.24, 2.45) is 5.41 Å². The molecule has 1 unspecified atom stereocenters. The van der Waals surface area contributed by atoms with Gasteiger partial charge in [-0.1, -0.05) is 75.2 Å². The number of rotatable bonds is 8. The second kappa shape index (κ2) is 10.4. The lowest BCUT2D eigenvalue weighted by atomic mass is 9.84. The number of aliphatic carboxylic acids is 1. The number of carbonyl (C=O) groups excluding carboxylic acids is 2. The van der Waals surface area contributed by atoms with Crippen molar-refractivity contribution in [1.29, 1.82) is 0 Å². The molecule has 1 atom stereocenters. The van der Waals surface area contributed by atoms with Gasteiger partial charge in [0.2, 0.25) is 5.91 Å². The van der Waals surface area contributed by atoms with Crippen molar-refractivity contribution < 1.29 is 24.2 Å². The van der Waals surface area contributed by atoms with Crippen molar-refractivity contribution in [3.05, 3.63) is 59.7 Å². The first kappa shape index (κ1) is 24.8. The number of terminal acetylenes is 1. The van der Waals surface area contributed by atoms with Crippen LogP contribution in [0, 0.1) is 17.8 Å². The van der Waals surface area contributed by atoms with E-state index in [0.717, 1.165) is 27.2 Å². The number of carbonyl (C=O) groups is 3. The van der Waals surface area contributed by atoms with Gasteiger partial charge in [0.25, 0.3) is 0 Å². The van der Waals surface area contributed by atoms with E-state index < -0.39 is 36.0 Å². The Morgan fingerprint density at radius 3 is 2.15 bits per heavy atom. The lowest BCUT2D eigenvalue weighted by Crippen LogP contribution is -2.48. The van der Waals surface area contributed by atoms with Crippen LogP contribution in [0.5, 0.6) is 0 Å². The van der Waals surface area contributed by atoms with E-state index in [2.05, 4.69) is 23.4 Å². The van der Waals surface area contributed by atoms with E-state index in [1.807, 2.05) is 57.2 Å². The molecule has 2 aromatic carbocycles. The molecule has 0 saturated carbocycles. The molecule has 2 aromatic rings. The third kappa shape index (κ3) is 5.76. The molecule has 0 saturated heterocycles. The molecule has 1 aliphatic carbocycles. The summed E-state index contributed by atoms with van der Waals surface area (Å²) in [7, 11) is 0. The first-order valence-corrected chi connectivity index (χ1v) is 11.2. The van der Waals surface area contributed by atoms with Crippen LogP contribution in [-0.2, 0) is 14.3 Å². The molecule has 2 N–H and O–H groups in total. The Morgan fingerprint density at radius 2 is 1.65 bits per heavy atom. The highest BCUT2D eigenvalue weighted by atomic mass is 16.5. The summed E-state index contributed by atoms with van der Waals surface area (Å²) in [6, 6.07) is 15.6. The number of benzene rings is 2. The maximum Gasteiger partial charge on any atom is 0.407 e. The number of hydrogen-bond donors (Lipinski definition) is 2.